The van der Waals surface area contributed by atoms with Crippen molar-refractivity contribution in [3.05, 3.63) is 35.4 Å². The van der Waals surface area contributed by atoms with E-state index in [2.05, 4.69) is 24.4 Å². The normalized spacial score (nSPS) is 10.1. The first kappa shape index (κ1) is 12.7. The second-order valence-electron chi connectivity index (χ2n) is 3.92. The Morgan fingerprint density at radius 1 is 1.38 bits per heavy atom. The van der Waals surface area contributed by atoms with Gasteiger partial charge in [0.15, 0.2) is 0 Å². The zero-order chi connectivity index (χ0) is 11.8. The zero-order valence-electron chi connectivity index (χ0n) is 9.83. The highest BCUT2D eigenvalue weighted by molar-refractivity contribution is 5.75. The van der Waals surface area contributed by atoms with E-state index in [1.54, 1.807) is 0 Å². The Labute approximate surface area is 97.0 Å². The quantitative estimate of drug-likeness (QED) is 0.761. The number of aryl methyl sites for hydroxylation is 1. The summed E-state index contributed by atoms with van der Waals surface area (Å²) in [5.41, 5.74) is 7.91. The Hall–Kier alpha value is -1.35. The lowest BCUT2D eigenvalue weighted by Crippen LogP contribution is -2.26. The molecule has 0 unspecified atom stereocenters. The van der Waals surface area contributed by atoms with E-state index in [0.29, 0.717) is 19.5 Å². The van der Waals surface area contributed by atoms with Gasteiger partial charge in [-0.05, 0) is 37.4 Å². The third-order valence-electron chi connectivity index (χ3n) is 2.59. The highest BCUT2D eigenvalue weighted by Crippen LogP contribution is 2.06. The lowest BCUT2D eigenvalue weighted by atomic mass is 10.1. The fourth-order valence-electron chi connectivity index (χ4n) is 1.58. The molecule has 3 nitrogen and oxygen atoms in total. The molecule has 1 rings (SSSR count). The maximum Gasteiger partial charge on any atom is 0.220 e. The molecule has 0 aliphatic rings. The van der Waals surface area contributed by atoms with Gasteiger partial charge in [0, 0.05) is 13.0 Å². The fourth-order valence-corrected chi connectivity index (χ4v) is 1.58. The Kier molecular flexibility index (Phi) is 5.57. The summed E-state index contributed by atoms with van der Waals surface area (Å²) >= 11 is 0. The van der Waals surface area contributed by atoms with Crippen LogP contribution in [0.5, 0.6) is 0 Å². The van der Waals surface area contributed by atoms with Crippen LogP contribution >= 0.6 is 0 Å². The lowest BCUT2D eigenvalue weighted by Gasteiger charge is -2.07. The van der Waals surface area contributed by atoms with Crippen LogP contribution in [0.4, 0.5) is 0 Å². The molecule has 16 heavy (non-hydrogen) atoms. The summed E-state index contributed by atoms with van der Waals surface area (Å²) in [6, 6.07) is 8.24. The summed E-state index contributed by atoms with van der Waals surface area (Å²) in [6.07, 6.45) is 2.18. The first-order valence-electron chi connectivity index (χ1n) is 5.75. The van der Waals surface area contributed by atoms with E-state index < -0.39 is 0 Å². The molecule has 1 amide bonds. The van der Waals surface area contributed by atoms with Crippen molar-refractivity contribution in [3.63, 3.8) is 0 Å². The van der Waals surface area contributed by atoms with Crippen LogP contribution in [0, 0.1) is 6.92 Å². The molecule has 3 heteroatoms. The molecule has 0 fully saturated rings. The molecule has 0 aromatic heterocycles. The number of carbonyl (C=O) groups excluding carboxylic acids is 1. The van der Waals surface area contributed by atoms with Gasteiger partial charge >= 0.3 is 0 Å². The van der Waals surface area contributed by atoms with E-state index in [9.17, 15) is 4.79 Å². The van der Waals surface area contributed by atoms with Crippen LogP contribution in [0.2, 0.25) is 0 Å². The number of rotatable bonds is 6. The minimum atomic E-state index is 0.0963. The molecule has 0 bridgehead atoms. The second kappa shape index (κ2) is 7.01. The Morgan fingerprint density at radius 3 is 2.81 bits per heavy atom. The van der Waals surface area contributed by atoms with Gasteiger partial charge in [-0.3, -0.25) is 4.79 Å². The molecular weight excluding hydrogens is 200 g/mol. The van der Waals surface area contributed by atoms with Crippen LogP contribution < -0.4 is 11.1 Å². The predicted octanol–water partition coefficient (Wildman–Crippen LogP) is 1.39. The van der Waals surface area contributed by atoms with Crippen molar-refractivity contribution in [2.45, 2.75) is 26.2 Å². The van der Waals surface area contributed by atoms with E-state index >= 15 is 0 Å². The molecule has 0 aliphatic carbocycles. The molecular formula is C13H20N2O. The number of benzene rings is 1. The number of nitrogens with one attached hydrogen (secondary N) is 1. The lowest BCUT2D eigenvalue weighted by molar-refractivity contribution is -0.121. The van der Waals surface area contributed by atoms with Crippen LogP contribution in [0.15, 0.2) is 24.3 Å². The smallest absolute Gasteiger partial charge is 0.220 e. The van der Waals surface area contributed by atoms with Gasteiger partial charge in [-0.1, -0.05) is 24.3 Å². The molecule has 0 radical (unpaired) electrons. The molecule has 0 aliphatic heterocycles. The molecule has 0 heterocycles. The Morgan fingerprint density at radius 2 is 2.12 bits per heavy atom. The highest BCUT2D eigenvalue weighted by Gasteiger charge is 2.00. The van der Waals surface area contributed by atoms with Gasteiger partial charge in [0.25, 0.3) is 0 Å². The van der Waals surface area contributed by atoms with E-state index in [0.717, 1.165) is 12.8 Å². The molecule has 0 saturated heterocycles. The molecule has 88 valence electrons. The van der Waals surface area contributed by atoms with Crippen molar-refractivity contribution < 1.29 is 4.79 Å². The highest BCUT2D eigenvalue weighted by atomic mass is 16.1. The monoisotopic (exact) mass is 220 g/mol. The first-order valence-corrected chi connectivity index (χ1v) is 5.75. The largest absolute Gasteiger partial charge is 0.356 e. The molecule has 0 atom stereocenters. The van der Waals surface area contributed by atoms with Crippen LogP contribution in [-0.4, -0.2) is 19.0 Å². The fraction of sp³-hybridized carbons (Fsp3) is 0.462. The van der Waals surface area contributed by atoms with Crippen molar-refractivity contribution in [1.82, 2.24) is 5.32 Å². The zero-order valence-corrected chi connectivity index (χ0v) is 9.83. The summed E-state index contributed by atoms with van der Waals surface area (Å²) in [5, 5.41) is 2.90. The summed E-state index contributed by atoms with van der Waals surface area (Å²) in [6.45, 7) is 3.37. The van der Waals surface area contributed by atoms with Gasteiger partial charge in [-0.25, -0.2) is 0 Å². The van der Waals surface area contributed by atoms with E-state index in [-0.39, 0.29) is 5.91 Å². The van der Waals surface area contributed by atoms with E-state index in [4.69, 9.17) is 5.73 Å². The third-order valence-corrected chi connectivity index (χ3v) is 2.59. The molecule has 1 aromatic rings. The number of hydrogen-bond acceptors (Lipinski definition) is 2. The molecule has 0 saturated carbocycles. The summed E-state index contributed by atoms with van der Waals surface area (Å²) in [4.78, 5) is 11.3. The van der Waals surface area contributed by atoms with Crippen molar-refractivity contribution in [3.8, 4) is 0 Å². The average molecular weight is 220 g/mol. The van der Waals surface area contributed by atoms with E-state index in [1.807, 2.05) is 12.1 Å². The van der Waals surface area contributed by atoms with Crippen molar-refractivity contribution in [2.75, 3.05) is 13.1 Å². The molecule has 0 spiro atoms. The Bertz CT molecular complexity index is 336. The summed E-state index contributed by atoms with van der Waals surface area (Å²) in [7, 11) is 0. The van der Waals surface area contributed by atoms with Crippen LogP contribution in [0.3, 0.4) is 0 Å². The number of amides is 1. The minimum absolute atomic E-state index is 0.0963. The maximum atomic E-state index is 11.3. The van der Waals surface area contributed by atoms with Crippen LogP contribution in [-0.2, 0) is 11.2 Å². The summed E-state index contributed by atoms with van der Waals surface area (Å²) < 4.78 is 0. The second-order valence-corrected chi connectivity index (χ2v) is 3.92. The topological polar surface area (TPSA) is 55.1 Å². The van der Waals surface area contributed by atoms with Crippen LogP contribution in [0.1, 0.15) is 24.0 Å². The third kappa shape index (κ3) is 4.45. The molecule has 1 aromatic carbocycles. The number of nitrogens with two attached hydrogens (primary N) is 1. The predicted molar refractivity (Wildman–Crippen MR) is 66.2 cm³/mol. The molecule has 3 N–H and O–H groups in total. The summed E-state index contributed by atoms with van der Waals surface area (Å²) in [5.74, 6) is 0.0963. The van der Waals surface area contributed by atoms with Crippen molar-refractivity contribution >= 4 is 5.91 Å². The Balaban J connectivity index is 2.25. The standard InChI is InChI=1S/C13H20N2O/c1-11-5-2-3-6-12(11)8-10-15-13(16)7-4-9-14/h2-3,5-6H,4,7-10,14H2,1H3,(H,15,16). The van der Waals surface area contributed by atoms with Gasteiger partial charge in [0.2, 0.25) is 5.91 Å². The first-order chi connectivity index (χ1) is 7.74. The van der Waals surface area contributed by atoms with E-state index in [1.165, 1.54) is 11.1 Å². The van der Waals surface area contributed by atoms with Gasteiger partial charge < -0.3 is 11.1 Å². The van der Waals surface area contributed by atoms with Crippen LogP contribution in [0.25, 0.3) is 0 Å². The van der Waals surface area contributed by atoms with Crippen molar-refractivity contribution in [1.29, 1.82) is 0 Å². The number of carbonyl (C=O) groups is 1. The van der Waals surface area contributed by atoms with Crippen molar-refractivity contribution in [2.24, 2.45) is 5.73 Å². The average Bonchev–Trinajstić information content (AvgIpc) is 2.29. The minimum Gasteiger partial charge on any atom is -0.356 e. The SMILES string of the molecule is Cc1ccccc1CCNC(=O)CCCN. The van der Waals surface area contributed by atoms with Gasteiger partial charge in [-0.15, -0.1) is 0 Å². The van der Waals surface area contributed by atoms with Gasteiger partial charge in [-0.2, -0.15) is 0 Å². The van der Waals surface area contributed by atoms with Gasteiger partial charge in [0.05, 0.1) is 0 Å². The van der Waals surface area contributed by atoms with Gasteiger partial charge in [0.1, 0.15) is 0 Å². The number of hydrogen-bond donors (Lipinski definition) is 2. The maximum absolute atomic E-state index is 11.3.